The van der Waals surface area contributed by atoms with Crippen molar-refractivity contribution in [2.45, 2.75) is 0 Å². The van der Waals surface area contributed by atoms with Crippen LogP contribution in [0.15, 0.2) is 192 Å². The molecule has 0 radical (unpaired) electrons. The van der Waals surface area contributed by atoms with E-state index in [1.165, 1.54) is 12.1 Å². The normalized spacial score (nSPS) is 12.5. The Kier molecular flexibility index (Phi) is 6.46. The van der Waals surface area contributed by atoms with Crippen molar-refractivity contribution in [1.29, 1.82) is 0 Å². The van der Waals surface area contributed by atoms with E-state index in [0.29, 0.717) is 28.0 Å². The van der Waals surface area contributed by atoms with E-state index in [1.54, 1.807) is 6.07 Å². The molecule has 0 spiro atoms. The van der Waals surface area contributed by atoms with Crippen molar-refractivity contribution in [3.8, 4) is 67.5 Å². The molecule has 2 heterocycles. The molecular formula is C49H31N3O. The van der Waals surface area contributed by atoms with E-state index in [0.717, 1.165) is 55.3 Å². The largest absolute Gasteiger partial charge is 0.456 e. The molecule has 0 saturated heterocycles. The van der Waals surface area contributed by atoms with Crippen molar-refractivity contribution in [2.24, 2.45) is 0 Å². The summed E-state index contributed by atoms with van der Waals surface area (Å²) in [7, 11) is 0. The Labute approximate surface area is 312 Å². The smallest absolute Gasteiger partial charge is 0.164 e. The number of benzene rings is 8. The van der Waals surface area contributed by atoms with Gasteiger partial charge >= 0.3 is 0 Å². The maximum Gasteiger partial charge on any atom is 0.164 e. The van der Waals surface area contributed by atoms with Gasteiger partial charge in [0.25, 0.3) is 0 Å². The zero-order valence-corrected chi connectivity index (χ0v) is 28.3. The molecule has 2 aromatic heterocycles. The quantitative estimate of drug-likeness (QED) is 0.175. The molecule has 0 unspecified atom stereocenters. The molecule has 10 rings (SSSR count). The number of fused-ring (bicyclic) bond motifs is 4. The molecule has 0 amide bonds. The third kappa shape index (κ3) is 5.63. The summed E-state index contributed by atoms with van der Waals surface area (Å²) in [5.41, 5.74) is 8.62. The van der Waals surface area contributed by atoms with Crippen LogP contribution in [0.4, 0.5) is 0 Å². The topological polar surface area (TPSA) is 51.8 Å². The minimum atomic E-state index is 0.00316. The van der Waals surface area contributed by atoms with Crippen molar-refractivity contribution in [2.75, 3.05) is 0 Å². The Balaban J connectivity index is 1.22. The highest BCUT2D eigenvalue weighted by Gasteiger charge is 2.19. The van der Waals surface area contributed by atoms with Crippen LogP contribution in [0.5, 0.6) is 0 Å². The van der Waals surface area contributed by atoms with Crippen LogP contribution >= 0.6 is 0 Å². The Morgan fingerprint density at radius 2 is 1.00 bits per heavy atom. The molecule has 0 aliphatic carbocycles. The molecule has 0 fully saturated rings. The predicted octanol–water partition coefficient (Wildman–Crippen LogP) is 12.9. The maximum absolute atomic E-state index is 9.21. The summed E-state index contributed by atoms with van der Waals surface area (Å²) >= 11 is 0. The summed E-state index contributed by atoms with van der Waals surface area (Å²) in [6, 6.07) is 54.1. The molecule has 10 aromatic rings. The van der Waals surface area contributed by atoms with Crippen LogP contribution < -0.4 is 0 Å². The third-order valence-electron chi connectivity index (χ3n) is 9.66. The number of para-hydroxylation sites is 1. The van der Waals surface area contributed by atoms with Crippen LogP contribution in [0.2, 0.25) is 0 Å². The van der Waals surface area contributed by atoms with Crippen molar-refractivity contribution in [3.05, 3.63) is 188 Å². The Bertz CT molecular complexity index is 3170. The minimum Gasteiger partial charge on any atom is -0.456 e. The lowest BCUT2D eigenvalue weighted by molar-refractivity contribution is 0.669. The molecule has 4 nitrogen and oxygen atoms in total. The number of hydrogen-bond donors (Lipinski definition) is 0. The van der Waals surface area contributed by atoms with Crippen molar-refractivity contribution in [1.82, 2.24) is 15.0 Å². The molecule has 0 atom stereocenters. The molecule has 8 aromatic carbocycles. The van der Waals surface area contributed by atoms with Crippen LogP contribution in [0.3, 0.4) is 0 Å². The highest BCUT2D eigenvalue weighted by molar-refractivity contribution is 6.11. The molecule has 0 aliphatic rings. The standard InChI is InChI=1S/C49H31N3O/c1-3-12-32(13-4-1)34-22-25-36(26-23-34)47-50-48(52-49(51-47)42-19-11-21-45-46(42)41-18-9-10-20-44(41)53-45)39-28-29-40(35-15-5-2-6-16-35)43(31-39)38-27-24-33-14-7-8-17-37(33)30-38/h1-31H/i9D,19D,20D,21D. The van der Waals surface area contributed by atoms with E-state index in [2.05, 4.69) is 66.7 Å². The van der Waals surface area contributed by atoms with Gasteiger partial charge < -0.3 is 4.42 Å². The zero-order valence-electron chi connectivity index (χ0n) is 32.3. The van der Waals surface area contributed by atoms with Gasteiger partial charge in [-0.1, -0.05) is 164 Å². The molecule has 0 bridgehead atoms. The fraction of sp³-hybridized carbons (Fsp3) is 0. The SMILES string of the molecule is [2H]c1cc([2H])c2oc3c([2H])cc([2H])c(-c4nc(-c5ccc(-c6ccccc6)cc5)nc(-c5ccc(-c6ccccc6)c(-c6ccc7ccccc7c6)c5)n4)c3c2c1. The van der Waals surface area contributed by atoms with Gasteiger partial charge in [0.1, 0.15) is 11.2 Å². The van der Waals surface area contributed by atoms with Crippen LogP contribution in [-0.4, -0.2) is 15.0 Å². The van der Waals surface area contributed by atoms with Gasteiger partial charge in [0.2, 0.25) is 0 Å². The van der Waals surface area contributed by atoms with Crippen LogP contribution in [0.25, 0.3) is 100 Å². The summed E-state index contributed by atoms with van der Waals surface area (Å²) in [6.07, 6.45) is 0. The lowest BCUT2D eigenvalue weighted by Gasteiger charge is -2.14. The van der Waals surface area contributed by atoms with Crippen LogP contribution in [0, 0.1) is 0 Å². The third-order valence-corrected chi connectivity index (χ3v) is 9.66. The summed E-state index contributed by atoms with van der Waals surface area (Å²) in [4.78, 5) is 15.2. The maximum atomic E-state index is 9.21. The molecular weight excluding hydrogens is 647 g/mol. The average molecular weight is 682 g/mol. The first-order valence-electron chi connectivity index (χ1n) is 19.4. The van der Waals surface area contributed by atoms with Crippen LogP contribution in [-0.2, 0) is 0 Å². The summed E-state index contributed by atoms with van der Waals surface area (Å²) in [6.45, 7) is 0. The number of hydrogen-bond acceptors (Lipinski definition) is 4. The second kappa shape index (κ2) is 12.9. The Hall–Kier alpha value is -7.17. The second-order valence-corrected chi connectivity index (χ2v) is 12.9. The summed E-state index contributed by atoms with van der Waals surface area (Å²) < 4.78 is 41.0. The van der Waals surface area contributed by atoms with Crippen molar-refractivity contribution in [3.63, 3.8) is 0 Å². The van der Waals surface area contributed by atoms with Gasteiger partial charge in [-0.25, -0.2) is 15.0 Å². The average Bonchev–Trinajstić information content (AvgIpc) is 3.64. The molecule has 4 heteroatoms. The van der Waals surface area contributed by atoms with Crippen molar-refractivity contribution < 1.29 is 9.90 Å². The van der Waals surface area contributed by atoms with E-state index in [-0.39, 0.29) is 41.2 Å². The monoisotopic (exact) mass is 681 g/mol. The summed E-state index contributed by atoms with van der Waals surface area (Å²) in [5.74, 6) is 1.04. The Morgan fingerprint density at radius 3 is 1.81 bits per heavy atom. The zero-order chi connectivity index (χ0) is 38.6. The Morgan fingerprint density at radius 1 is 0.377 bits per heavy atom. The number of aromatic nitrogens is 3. The molecule has 0 saturated carbocycles. The fourth-order valence-electron chi connectivity index (χ4n) is 7.03. The van der Waals surface area contributed by atoms with Crippen LogP contribution in [0.1, 0.15) is 5.48 Å². The predicted molar refractivity (Wildman–Crippen MR) is 217 cm³/mol. The first-order valence-corrected chi connectivity index (χ1v) is 17.4. The van der Waals surface area contributed by atoms with Gasteiger partial charge in [-0.3, -0.25) is 0 Å². The minimum absolute atomic E-state index is 0.00316. The number of nitrogens with zero attached hydrogens (tertiary/aromatic N) is 3. The lowest BCUT2D eigenvalue weighted by Crippen LogP contribution is -2.01. The molecule has 53 heavy (non-hydrogen) atoms. The summed E-state index contributed by atoms with van der Waals surface area (Å²) in [5, 5.41) is 3.17. The van der Waals surface area contributed by atoms with E-state index in [4.69, 9.17) is 23.5 Å². The lowest BCUT2D eigenvalue weighted by atomic mass is 9.91. The highest BCUT2D eigenvalue weighted by Crippen LogP contribution is 2.39. The van der Waals surface area contributed by atoms with Gasteiger partial charge in [0.05, 0.1) is 5.48 Å². The van der Waals surface area contributed by atoms with E-state index >= 15 is 0 Å². The van der Waals surface area contributed by atoms with E-state index < -0.39 is 0 Å². The molecule has 0 N–H and O–H groups in total. The fourth-order valence-corrected chi connectivity index (χ4v) is 7.03. The molecule has 0 aliphatic heterocycles. The van der Waals surface area contributed by atoms with E-state index in [9.17, 15) is 1.37 Å². The number of rotatable bonds is 6. The van der Waals surface area contributed by atoms with Gasteiger partial charge in [-0.05, 0) is 68.4 Å². The second-order valence-electron chi connectivity index (χ2n) is 12.9. The van der Waals surface area contributed by atoms with Gasteiger partial charge in [0.15, 0.2) is 17.5 Å². The van der Waals surface area contributed by atoms with Gasteiger partial charge in [-0.15, -0.1) is 0 Å². The first-order chi connectivity index (χ1) is 27.9. The van der Waals surface area contributed by atoms with Gasteiger partial charge in [-0.2, -0.15) is 0 Å². The van der Waals surface area contributed by atoms with Crippen molar-refractivity contribution >= 4 is 32.7 Å². The first kappa shape index (κ1) is 26.6. The molecule has 248 valence electrons. The van der Waals surface area contributed by atoms with Gasteiger partial charge in [0, 0.05) is 27.5 Å². The number of furan rings is 1. The highest BCUT2D eigenvalue weighted by atomic mass is 16.3. The van der Waals surface area contributed by atoms with E-state index in [1.807, 2.05) is 78.9 Å².